The molecule has 3 N–H and O–H groups in total. The highest BCUT2D eigenvalue weighted by Crippen LogP contribution is 2.04. The third kappa shape index (κ3) is 4.10. The molecular formula is C14H16BN3O2. The van der Waals surface area contributed by atoms with Gasteiger partial charge < -0.3 is 15.7 Å². The van der Waals surface area contributed by atoms with Crippen LogP contribution in [0.5, 0.6) is 0 Å². The average molecular weight is 269 g/mol. The summed E-state index contributed by atoms with van der Waals surface area (Å²) in [7, 11) is 0. The molecule has 0 aliphatic heterocycles. The molecular weight excluding hydrogens is 253 g/mol. The normalized spacial score (nSPS) is 9.90. The Morgan fingerprint density at radius 3 is 2.65 bits per heavy atom. The van der Waals surface area contributed by atoms with E-state index >= 15 is 0 Å². The van der Waals surface area contributed by atoms with Crippen LogP contribution in [-0.4, -0.2) is 23.0 Å². The molecule has 1 heterocycles. The maximum Gasteiger partial charge on any atom is 0.320 e. The summed E-state index contributed by atoms with van der Waals surface area (Å²) in [6.45, 7) is 1.61. The summed E-state index contributed by atoms with van der Waals surface area (Å²) >= 11 is 0. The molecule has 20 heavy (non-hydrogen) atoms. The fraction of sp³-hybridized carbons (Fsp3) is 0.143. The van der Waals surface area contributed by atoms with Crippen LogP contribution in [0.2, 0.25) is 6.82 Å². The van der Waals surface area contributed by atoms with Crippen molar-refractivity contribution in [3.63, 3.8) is 0 Å². The fourth-order valence-corrected chi connectivity index (χ4v) is 1.71. The molecule has 2 aromatic rings. The Hall–Kier alpha value is -2.34. The first-order valence-corrected chi connectivity index (χ1v) is 6.37. The SMILES string of the molecule is CB(O)c1ccc(NC(=O)NCc2cccnc2)cc1. The van der Waals surface area contributed by atoms with E-state index in [2.05, 4.69) is 15.6 Å². The lowest BCUT2D eigenvalue weighted by Gasteiger charge is -2.08. The molecule has 0 fully saturated rings. The maximum atomic E-state index is 11.7. The molecule has 0 spiro atoms. The van der Waals surface area contributed by atoms with Crippen LogP contribution in [0, 0.1) is 0 Å². The van der Waals surface area contributed by atoms with E-state index < -0.39 is 6.92 Å². The van der Waals surface area contributed by atoms with Gasteiger partial charge in [-0.25, -0.2) is 4.79 Å². The first-order valence-electron chi connectivity index (χ1n) is 6.37. The van der Waals surface area contributed by atoms with Crippen molar-refractivity contribution in [2.24, 2.45) is 0 Å². The number of anilines is 1. The van der Waals surface area contributed by atoms with Crippen molar-refractivity contribution in [3.8, 4) is 0 Å². The number of aromatic nitrogens is 1. The summed E-state index contributed by atoms with van der Waals surface area (Å²) in [6, 6.07) is 10.5. The number of amides is 2. The van der Waals surface area contributed by atoms with Gasteiger partial charge in [0.1, 0.15) is 0 Å². The zero-order valence-electron chi connectivity index (χ0n) is 11.2. The van der Waals surface area contributed by atoms with Crippen LogP contribution in [0.3, 0.4) is 0 Å². The van der Waals surface area contributed by atoms with Gasteiger partial charge in [-0.1, -0.05) is 25.0 Å². The van der Waals surface area contributed by atoms with E-state index in [1.54, 1.807) is 43.5 Å². The first kappa shape index (κ1) is 14.1. The summed E-state index contributed by atoms with van der Waals surface area (Å²) in [6.07, 6.45) is 3.39. The van der Waals surface area contributed by atoms with E-state index in [0.29, 0.717) is 12.2 Å². The number of carbonyl (C=O) groups is 1. The Balaban J connectivity index is 1.85. The van der Waals surface area contributed by atoms with Gasteiger partial charge in [0, 0.05) is 24.6 Å². The Morgan fingerprint density at radius 1 is 1.30 bits per heavy atom. The second-order valence-electron chi connectivity index (χ2n) is 4.47. The molecule has 2 amide bonds. The summed E-state index contributed by atoms with van der Waals surface area (Å²) in [4.78, 5) is 15.7. The van der Waals surface area contributed by atoms with Gasteiger partial charge >= 0.3 is 12.9 Å². The van der Waals surface area contributed by atoms with Gasteiger partial charge in [0.25, 0.3) is 0 Å². The molecule has 1 aromatic heterocycles. The number of urea groups is 1. The topological polar surface area (TPSA) is 74.2 Å². The highest BCUT2D eigenvalue weighted by molar-refractivity contribution is 6.64. The molecule has 0 atom stereocenters. The number of carbonyl (C=O) groups excluding carboxylic acids is 1. The zero-order chi connectivity index (χ0) is 14.4. The van der Waals surface area contributed by atoms with Crippen LogP contribution in [0.15, 0.2) is 48.8 Å². The van der Waals surface area contributed by atoms with E-state index in [1.807, 2.05) is 12.1 Å². The van der Waals surface area contributed by atoms with Gasteiger partial charge in [-0.05, 0) is 29.2 Å². The van der Waals surface area contributed by atoms with Gasteiger partial charge in [0.05, 0.1) is 0 Å². The molecule has 0 bridgehead atoms. The maximum absolute atomic E-state index is 11.7. The molecule has 2 rings (SSSR count). The number of nitrogens with one attached hydrogen (secondary N) is 2. The van der Waals surface area contributed by atoms with Crippen LogP contribution in [0.1, 0.15) is 5.56 Å². The number of hydrogen-bond acceptors (Lipinski definition) is 3. The van der Waals surface area contributed by atoms with Crippen LogP contribution in [0.4, 0.5) is 10.5 Å². The Morgan fingerprint density at radius 2 is 2.05 bits per heavy atom. The summed E-state index contributed by atoms with van der Waals surface area (Å²) in [5, 5.41) is 14.9. The molecule has 102 valence electrons. The zero-order valence-corrected chi connectivity index (χ0v) is 11.2. The quantitative estimate of drug-likeness (QED) is 0.731. The van der Waals surface area contributed by atoms with Crippen LogP contribution in [-0.2, 0) is 6.54 Å². The van der Waals surface area contributed by atoms with E-state index in [4.69, 9.17) is 0 Å². The number of hydrogen-bond donors (Lipinski definition) is 3. The number of benzene rings is 1. The smallest absolute Gasteiger partial charge is 0.320 e. The van der Waals surface area contributed by atoms with Gasteiger partial charge in [0.2, 0.25) is 0 Å². The number of pyridine rings is 1. The predicted molar refractivity (Wildman–Crippen MR) is 80.0 cm³/mol. The monoisotopic (exact) mass is 269 g/mol. The summed E-state index contributed by atoms with van der Waals surface area (Å²) in [5.41, 5.74) is 2.43. The van der Waals surface area contributed by atoms with Crippen molar-refractivity contribution in [2.45, 2.75) is 13.4 Å². The van der Waals surface area contributed by atoms with Crippen molar-refractivity contribution >= 4 is 24.1 Å². The van der Waals surface area contributed by atoms with E-state index in [0.717, 1.165) is 11.0 Å². The molecule has 0 unspecified atom stereocenters. The van der Waals surface area contributed by atoms with Crippen molar-refractivity contribution in [1.29, 1.82) is 0 Å². The van der Waals surface area contributed by atoms with Gasteiger partial charge in [0.15, 0.2) is 0 Å². The Labute approximate surface area is 118 Å². The third-order valence-corrected chi connectivity index (χ3v) is 2.83. The van der Waals surface area contributed by atoms with Gasteiger partial charge in [-0.15, -0.1) is 0 Å². The largest absolute Gasteiger partial charge is 0.447 e. The van der Waals surface area contributed by atoms with Crippen LogP contribution < -0.4 is 16.1 Å². The van der Waals surface area contributed by atoms with E-state index in [9.17, 15) is 9.82 Å². The molecule has 1 aromatic carbocycles. The van der Waals surface area contributed by atoms with Crippen molar-refractivity contribution in [2.75, 3.05) is 5.32 Å². The second kappa shape index (κ2) is 6.72. The van der Waals surface area contributed by atoms with E-state index in [1.165, 1.54) is 0 Å². The summed E-state index contributed by atoms with van der Waals surface area (Å²) in [5.74, 6) is 0. The third-order valence-electron chi connectivity index (χ3n) is 2.83. The van der Waals surface area contributed by atoms with E-state index in [-0.39, 0.29) is 6.03 Å². The Bertz CT molecular complexity index is 558. The van der Waals surface area contributed by atoms with Crippen molar-refractivity contribution < 1.29 is 9.82 Å². The summed E-state index contributed by atoms with van der Waals surface area (Å²) < 4.78 is 0. The molecule has 0 saturated heterocycles. The molecule has 5 nitrogen and oxygen atoms in total. The molecule has 0 saturated carbocycles. The number of nitrogens with zero attached hydrogens (tertiary/aromatic N) is 1. The molecule has 0 radical (unpaired) electrons. The van der Waals surface area contributed by atoms with Gasteiger partial charge in [-0.2, -0.15) is 0 Å². The average Bonchev–Trinajstić information content (AvgIpc) is 2.47. The minimum Gasteiger partial charge on any atom is -0.447 e. The molecule has 0 aliphatic rings. The van der Waals surface area contributed by atoms with Crippen molar-refractivity contribution in [1.82, 2.24) is 10.3 Å². The first-order chi connectivity index (χ1) is 9.65. The predicted octanol–water partition coefficient (Wildman–Crippen LogP) is 1.22. The second-order valence-corrected chi connectivity index (χ2v) is 4.47. The number of rotatable bonds is 4. The lowest BCUT2D eigenvalue weighted by molar-refractivity contribution is 0.251. The van der Waals surface area contributed by atoms with Gasteiger partial charge in [-0.3, -0.25) is 4.98 Å². The highest BCUT2D eigenvalue weighted by Gasteiger charge is 2.06. The minimum absolute atomic E-state index is 0.279. The minimum atomic E-state index is -0.511. The lowest BCUT2D eigenvalue weighted by atomic mass is 9.64. The fourth-order valence-electron chi connectivity index (χ4n) is 1.71. The standard InChI is InChI=1S/C14H16BN3O2/c1-15(20)12-4-6-13(7-5-12)18-14(19)17-10-11-3-2-8-16-9-11/h2-9,20H,10H2,1H3,(H2,17,18,19). The van der Waals surface area contributed by atoms with Crippen molar-refractivity contribution in [3.05, 3.63) is 54.4 Å². The Kier molecular flexibility index (Phi) is 4.73. The molecule has 0 aliphatic carbocycles. The van der Waals surface area contributed by atoms with Crippen LogP contribution in [0.25, 0.3) is 0 Å². The molecule has 6 heteroatoms. The van der Waals surface area contributed by atoms with Crippen LogP contribution >= 0.6 is 0 Å². The highest BCUT2D eigenvalue weighted by atomic mass is 16.2. The lowest BCUT2D eigenvalue weighted by Crippen LogP contribution is -2.29.